The lowest BCUT2D eigenvalue weighted by Gasteiger charge is -2.10. The molecule has 2 nitrogen and oxygen atoms in total. The predicted molar refractivity (Wildman–Crippen MR) is 76.6 cm³/mol. The van der Waals surface area contributed by atoms with Gasteiger partial charge in [-0.3, -0.25) is 4.79 Å². The van der Waals surface area contributed by atoms with E-state index >= 15 is 0 Å². The molecule has 0 saturated heterocycles. The number of ketones is 1. The standard InChI is InChI=1S/C17H17FO2/c1-3-13-4-6-14(7-5-13)11-20-17-9-8-15(18)10-16(17)12(2)19/h4-10H,3,11H2,1-2H3. The van der Waals surface area contributed by atoms with E-state index in [4.69, 9.17) is 4.74 Å². The number of carbonyl (C=O) groups is 1. The molecule has 0 aliphatic rings. The van der Waals surface area contributed by atoms with Crippen LogP contribution in [0.2, 0.25) is 0 Å². The molecular weight excluding hydrogens is 255 g/mol. The SMILES string of the molecule is CCc1ccc(COc2ccc(F)cc2C(C)=O)cc1. The van der Waals surface area contributed by atoms with Gasteiger partial charge in [0, 0.05) is 0 Å². The molecule has 0 saturated carbocycles. The van der Waals surface area contributed by atoms with Crippen molar-refractivity contribution in [3.05, 3.63) is 65.0 Å². The van der Waals surface area contributed by atoms with Crippen LogP contribution in [-0.4, -0.2) is 5.78 Å². The summed E-state index contributed by atoms with van der Waals surface area (Å²) in [5.41, 5.74) is 2.55. The summed E-state index contributed by atoms with van der Waals surface area (Å²) in [4.78, 5) is 11.5. The molecule has 0 spiro atoms. The smallest absolute Gasteiger partial charge is 0.163 e. The molecule has 0 unspecified atom stereocenters. The Morgan fingerprint density at radius 2 is 1.75 bits per heavy atom. The molecule has 0 aromatic heterocycles. The molecule has 104 valence electrons. The highest BCUT2D eigenvalue weighted by Gasteiger charge is 2.10. The van der Waals surface area contributed by atoms with Gasteiger partial charge in [0.05, 0.1) is 5.56 Å². The summed E-state index contributed by atoms with van der Waals surface area (Å²) < 4.78 is 18.8. The zero-order valence-electron chi connectivity index (χ0n) is 11.7. The minimum absolute atomic E-state index is 0.208. The summed E-state index contributed by atoms with van der Waals surface area (Å²) in [5, 5.41) is 0. The zero-order chi connectivity index (χ0) is 14.5. The molecule has 0 fully saturated rings. The second-order valence-electron chi connectivity index (χ2n) is 4.66. The molecule has 20 heavy (non-hydrogen) atoms. The van der Waals surface area contributed by atoms with Crippen molar-refractivity contribution in [2.45, 2.75) is 26.9 Å². The summed E-state index contributed by atoms with van der Waals surface area (Å²) in [6, 6.07) is 12.1. The van der Waals surface area contributed by atoms with Gasteiger partial charge >= 0.3 is 0 Å². The van der Waals surface area contributed by atoms with Crippen LogP contribution >= 0.6 is 0 Å². The third-order valence-electron chi connectivity index (χ3n) is 3.15. The fourth-order valence-electron chi connectivity index (χ4n) is 1.94. The molecule has 2 rings (SSSR count). The third kappa shape index (κ3) is 3.44. The first-order valence-corrected chi connectivity index (χ1v) is 6.61. The number of aryl methyl sites for hydroxylation is 1. The van der Waals surface area contributed by atoms with Crippen molar-refractivity contribution < 1.29 is 13.9 Å². The van der Waals surface area contributed by atoms with E-state index in [1.807, 2.05) is 12.1 Å². The van der Waals surface area contributed by atoms with Crippen molar-refractivity contribution in [3.8, 4) is 5.75 Å². The van der Waals surface area contributed by atoms with Crippen LogP contribution in [0, 0.1) is 5.82 Å². The number of hydrogen-bond donors (Lipinski definition) is 0. The van der Waals surface area contributed by atoms with Gasteiger partial charge in [0.1, 0.15) is 18.2 Å². The highest BCUT2D eigenvalue weighted by Crippen LogP contribution is 2.21. The molecule has 2 aromatic rings. The summed E-state index contributed by atoms with van der Waals surface area (Å²) in [7, 11) is 0. The van der Waals surface area contributed by atoms with Gasteiger partial charge in [0.15, 0.2) is 5.78 Å². The zero-order valence-corrected chi connectivity index (χ0v) is 11.7. The number of rotatable bonds is 5. The number of ether oxygens (including phenoxy) is 1. The van der Waals surface area contributed by atoms with E-state index in [1.54, 1.807) is 0 Å². The Hall–Kier alpha value is -2.16. The second-order valence-corrected chi connectivity index (χ2v) is 4.66. The van der Waals surface area contributed by atoms with Crippen LogP contribution in [0.5, 0.6) is 5.75 Å². The molecule has 0 aliphatic carbocycles. The fourth-order valence-corrected chi connectivity index (χ4v) is 1.94. The Labute approximate surface area is 118 Å². The molecule has 0 radical (unpaired) electrons. The van der Waals surface area contributed by atoms with Crippen LogP contribution in [0.4, 0.5) is 4.39 Å². The maximum Gasteiger partial charge on any atom is 0.163 e. The van der Waals surface area contributed by atoms with Crippen LogP contribution in [0.3, 0.4) is 0 Å². The van der Waals surface area contributed by atoms with Crippen LogP contribution in [0.15, 0.2) is 42.5 Å². The fraction of sp³-hybridized carbons (Fsp3) is 0.235. The first-order valence-electron chi connectivity index (χ1n) is 6.61. The average molecular weight is 272 g/mol. The first kappa shape index (κ1) is 14.3. The van der Waals surface area contributed by atoms with Crippen molar-refractivity contribution in [2.75, 3.05) is 0 Å². The Morgan fingerprint density at radius 1 is 1.10 bits per heavy atom. The van der Waals surface area contributed by atoms with Gasteiger partial charge in [0.25, 0.3) is 0 Å². The molecular formula is C17H17FO2. The van der Waals surface area contributed by atoms with E-state index in [1.165, 1.54) is 30.7 Å². The lowest BCUT2D eigenvalue weighted by atomic mass is 10.1. The predicted octanol–water partition coefficient (Wildman–Crippen LogP) is 4.17. The summed E-state index contributed by atoms with van der Waals surface area (Å²) in [6.45, 7) is 3.86. The first-order chi connectivity index (χ1) is 9.60. The van der Waals surface area contributed by atoms with Gasteiger partial charge in [-0.05, 0) is 42.7 Å². The normalized spacial score (nSPS) is 10.3. The van der Waals surface area contributed by atoms with Gasteiger partial charge in [-0.15, -0.1) is 0 Å². The lowest BCUT2D eigenvalue weighted by Crippen LogP contribution is -2.02. The molecule has 0 atom stereocenters. The Balaban J connectivity index is 2.12. The minimum atomic E-state index is -0.435. The van der Waals surface area contributed by atoms with Crippen LogP contribution in [0.1, 0.15) is 35.3 Å². The molecule has 0 amide bonds. The Bertz CT molecular complexity index is 603. The largest absolute Gasteiger partial charge is 0.488 e. The lowest BCUT2D eigenvalue weighted by molar-refractivity contribution is 0.101. The monoisotopic (exact) mass is 272 g/mol. The maximum atomic E-state index is 13.1. The van der Waals surface area contributed by atoms with Crippen molar-refractivity contribution >= 4 is 5.78 Å². The van der Waals surface area contributed by atoms with Crippen LogP contribution in [-0.2, 0) is 13.0 Å². The molecule has 0 N–H and O–H groups in total. The molecule has 0 aliphatic heterocycles. The van der Waals surface area contributed by atoms with E-state index in [0.717, 1.165) is 12.0 Å². The van der Waals surface area contributed by atoms with E-state index < -0.39 is 5.82 Å². The van der Waals surface area contributed by atoms with Gasteiger partial charge in [-0.25, -0.2) is 4.39 Å². The van der Waals surface area contributed by atoms with Gasteiger partial charge < -0.3 is 4.74 Å². The summed E-state index contributed by atoms with van der Waals surface area (Å²) in [5.74, 6) is -0.228. The molecule has 3 heteroatoms. The van der Waals surface area contributed by atoms with Crippen LogP contribution < -0.4 is 4.74 Å². The number of benzene rings is 2. The van der Waals surface area contributed by atoms with Gasteiger partial charge in [-0.2, -0.15) is 0 Å². The number of Topliss-reactive ketones (excluding diaryl/α,β-unsaturated/α-hetero) is 1. The highest BCUT2D eigenvalue weighted by molar-refractivity contribution is 5.96. The van der Waals surface area contributed by atoms with Crippen LogP contribution in [0.25, 0.3) is 0 Å². The highest BCUT2D eigenvalue weighted by atomic mass is 19.1. The minimum Gasteiger partial charge on any atom is -0.488 e. The molecule has 0 heterocycles. The Kier molecular flexibility index (Phi) is 4.51. The van der Waals surface area contributed by atoms with E-state index in [0.29, 0.717) is 12.4 Å². The van der Waals surface area contributed by atoms with E-state index in [-0.39, 0.29) is 11.3 Å². The molecule has 2 aromatic carbocycles. The van der Waals surface area contributed by atoms with Crippen molar-refractivity contribution in [1.82, 2.24) is 0 Å². The van der Waals surface area contributed by atoms with Crippen molar-refractivity contribution in [1.29, 1.82) is 0 Å². The van der Waals surface area contributed by atoms with E-state index in [2.05, 4.69) is 19.1 Å². The average Bonchev–Trinajstić information content (AvgIpc) is 2.46. The number of halogens is 1. The quantitative estimate of drug-likeness (QED) is 0.764. The Morgan fingerprint density at radius 3 is 2.35 bits per heavy atom. The summed E-state index contributed by atoms with van der Waals surface area (Å²) in [6.07, 6.45) is 0.994. The maximum absolute atomic E-state index is 13.1. The molecule has 0 bridgehead atoms. The van der Waals surface area contributed by atoms with Gasteiger partial charge in [-0.1, -0.05) is 31.2 Å². The second kappa shape index (κ2) is 6.33. The van der Waals surface area contributed by atoms with Crippen molar-refractivity contribution in [3.63, 3.8) is 0 Å². The number of carbonyl (C=O) groups excluding carboxylic acids is 1. The summed E-state index contributed by atoms with van der Waals surface area (Å²) >= 11 is 0. The van der Waals surface area contributed by atoms with Crippen molar-refractivity contribution in [2.24, 2.45) is 0 Å². The topological polar surface area (TPSA) is 26.3 Å². The van der Waals surface area contributed by atoms with E-state index in [9.17, 15) is 9.18 Å². The number of hydrogen-bond acceptors (Lipinski definition) is 2. The van der Waals surface area contributed by atoms with Gasteiger partial charge in [0.2, 0.25) is 0 Å². The third-order valence-corrected chi connectivity index (χ3v) is 3.15.